The molecule has 1 aliphatic heterocycles. The Balaban J connectivity index is 1.66. The first-order valence-electron chi connectivity index (χ1n) is 9.34. The van der Waals surface area contributed by atoms with E-state index in [4.69, 9.17) is 4.52 Å². The maximum atomic E-state index is 12.3. The first-order valence-corrected chi connectivity index (χ1v) is 9.34. The highest BCUT2D eigenvalue weighted by Gasteiger charge is 2.33. The van der Waals surface area contributed by atoms with Crippen molar-refractivity contribution in [2.45, 2.75) is 50.9 Å². The van der Waals surface area contributed by atoms with Crippen molar-refractivity contribution < 1.29 is 14.1 Å². The molecule has 1 aliphatic carbocycles. The van der Waals surface area contributed by atoms with Gasteiger partial charge in [-0.2, -0.15) is 0 Å². The molecule has 2 N–H and O–H groups in total. The third kappa shape index (κ3) is 2.28. The van der Waals surface area contributed by atoms with Gasteiger partial charge in [0.25, 0.3) is 0 Å². The van der Waals surface area contributed by atoms with Crippen LogP contribution >= 0.6 is 0 Å². The van der Waals surface area contributed by atoms with Crippen LogP contribution in [0.15, 0.2) is 22.9 Å². The zero-order valence-corrected chi connectivity index (χ0v) is 14.7. The number of H-pyrrole nitrogens is 1. The van der Waals surface area contributed by atoms with Crippen LogP contribution in [0.2, 0.25) is 0 Å². The zero-order valence-electron chi connectivity index (χ0n) is 14.7. The highest BCUT2D eigenvalue weighted by molar-refractivity contribution is 6.10. The maximum Gasteiger partial charge on any atom is 0.235 e. The van der Waals surface area contributed by atoms with Gasteiger partial charge in [0.1, 0.15) is 0 Å². The molecule has 26 heavy (non-hydrogen) atoms. The summed E-state index contributed by atoms with van der Waals surface area (Å²) in [6.45, 7) is 2.30. The minimum Gasteiger partial charge on any atom is -0.382 e. The Morgan fingerprint density at radius 2 is 2.12 bits per heavy atom. The van der Waals surface area contributed by atoms with E-state index in [0.717, 1.165) is 33.5 Å². The number of carbonyl (C=O) groups excluding carboxylic acids is 2. The lowest BCUT2D eigenvalue weighted by atomic mass is 9.89. The van der Waals surface area contributed by atoms with E-state index in [-0.39, 0.29) is 11.8 Å². The number of benzene rings is 1. The number of hydrogen-bond acceptors (Lipinski definition) is 4. The molecule has 3 aromatic rings. The van der Waals surface area contributed by atoms with Gasteiger partial charge in [0.05, 0.1) is 22.5 Å². The van der Waals surface area contributed by atoms with Crippen molar-refractivity contribution in [2.75, 3.05) is 0 Å². The molecule has 6 heteroatoms. The molecule has 0 radical (unpaired) electrons. The number of hydrogen-bond donors (Lipinski definition) is 2. The van der Waals surface area contributed by atoms with Crippen molar-refractivity contribution in [3.63, 3.8) is 0 Å². The van der Waals surface area contributed by atoms with Gasteiger partial charge in [-0.15, -0.1) is 0 Å². The van der Waals surface area contributed by atoms with Crippen LogP contribution in [-0.2, 0) is 9.59 Å². The molecule has 6 nitrogen and oxygen atoms in total. The first kappa shape index (κ1) is 15.6. The average Bonchev–Trinajstić information content (AvgIpc) is 3.32. The normalized spacial score (nSPS) is 26.7. The van der Waals surface area contributed by atoms with Crippen LogP contribution in [0.3, 0.4) is 0 Å². The molecular formula is C20H21N3O3. The maximum absolute atomic E-state index is 12.3. The summed E-state index contributed by atoms with van der Waals surface area (Å²) in [5.41, 5.74) is 3.77. The zero-order chi connectivity index (χ0) is 17.8. The lowest BCUT2D eigenvalue weighted by Gasteiger charge is -2.19. The Labute approximate surface area is 150 Å². The van der Waals surface area contributed by atoms with E-state index in [9.17, 15) is 9.59 Å². The molecular weight excluding hydrogens is 330 g/mol. The van der Waals surface area contributed by atoms with Gasteiger partial charge in [0.2, 0.25) is 11.8 Å². The Morgan fingerprint density at radius 1 is 1.23 bits per heavy atom. The standard InChI is InChI=1S/C20H21N3O3/c1-10-2-3-11(8-10)14-9-15-17(12-6-7-21-18(12)14)19(23-26-15)13-4-5-16(24)22-20(13)25/h6-7,9-11,13,23H,2-5,8H2,1H3,(H,22,24,25)/t10-,11?,13?/m1/s1. The van der Waals surface area contributed by atoms with E-state index in [1.807, 2.05) is 12.3 Å². The third-order valence-corrected chi connectivity index (χ3v) is 6.04. The first-order chi connectivity index (χ1) is 12.6. The molecule has 1 aromatic carbocycles. The summed E-state index contributed by atoms with van der Waals surface area (Å²) >= 11 is 0. The smallest absolute Gasteiger partial charge is 0.235 e. The van der Waals surface area contributed by atoms with Crippen LogP contribution < -0.4 is 5.32 Å². The van der Waals surface area contributed by atoms with Crippen LogP contribution in [0.5, 0.6) is 0 Å². The summed E-state index contributed by atoms with van der Waals surface area (Å²) in [7, 11) is 0. The fourth-order valence-electron chi connectivity index (χ4n) is 4.72. The molecule has 3 heterocycles. The summed E-state index contributed by atoms with van der Waals surface area (Å²) in [6.07, 6.45) is 6.27. The molecule has 2 fully saturated rings. The number of fused-ring (bicyclic) bond motifs is 3. The van der Waals surface area contributed by atoms with Gasteiger partial charge in [-0.05, 0) is 48.8 Å². The fourth-order valence-corrected chi connectivity index (χ4v) is 4.72. The Morgan fingerprint density at radius 3 is 2.88 bits per heavy atom. The number of aromatic amines is 1. The molecule has 0 spiro atoms. The molecule has 2 aliphatic rings. The van der Waals surface area contributed by atoms with Gasteiger partial charge < -0.3 is 4.52 Å². The predicted molar refractivity (Wildman–Crippen MR) is 96.7 cm³/mol. The summed E-state index contributed by atoms with van der Waals surface area (Å²) < 4.78 is 5.76. The van der Waals surface area contributed by atoms with Gasteiger partial charge in [0.15, 0.2) is 5.58 Å². The van der Waals surface area contributed by atoms with E-state index < -0.39 is 5.92 Å². The quantitative estimate of drug-likeness (QED) is 0.689. The highest BCUT2D eigenvalue weighted by atomic mass is 16.5. The van der Waals surface area contributed by atoms with Gasteiger partial charge in [0, 0.05) is 18.0 Å². The number of amides is 2. The summed E-state index contributed by atoms with van der Waals surface area (Å²) in [5.74, 6) is 0.377. The Bertz CT molecular complexity index is 1030. The van der Waals surface area contributed by atoms with Crippen molar-refractivity contribution in [2.24, 2.45) is 5.92 Å². The monoisotopic (exact) mass is 351 g/mol. The number of carbonyl (C=O) groups is 2. The summed E-state index contributed by atoms with van der Waals surface area (Å²) in [5, 5.41) is 7.34. The second-order valence-electron chi connectivity index (χ2n) is 7.78. The lowest BCUT2D eigenvalue weighted by Crippen LogP contribution is -2.39. The van der Waals surface area contributed by atoms with Gasteiger partial charge in [-0.25, -0.2) is 5.16 Å². The summed E-state index contributed by atoms with van der Waals surface area (Å²) in [4.78, 5) is 28.4. The minimum atomic E-state index is -0.399. The highest BCUT2D eigenvalue weighted by Crippen LogP contribution is 2.43. The Kier molecular flexibility index (Phi) is 3.42. The molecule has 1 saturated carbocycles. The number of piperidine rings is 1. The average molecular weight is 351 g/mol. The van der Waals surface area contributed by atoms with Crippen molar-refractivity contribution >= 4 is 33.7 Å². The van der Waals surface area contributed by atoms with Crippen molar-refractivity contribution in [3.8, 4) is 0 Å². The molecule has 3 atom stereocenters. The molecule has 2 amide bonds. The van der Waals surface area contributed by atoms with Crippen LogP contribution in [0.1, 0.15) is 62.1 Å². The van der Waals surface area contributed by atoms with E-state index in [1.165, 1.54) is 24.8 Å². The summed E-state index contributed by atoms with van der Waals surface area (Å²) in [6, 6.07) is 4.09. The largest absolute Gasteiger partial charge is 0.382 e. The van der Waals surface area contributed by atoms with Crippen molar-refractivity contribution in [3.05, 3.63) is 29.6 Å². The van der Waals surface area contributed by atoms with Gasteiger partial charge in [-0.3, -0.25) is 19.9 Å². The number of rotatable bonds is 2. The molecule has 0 bridgehead atoms. The predicted octanol–water partition coefficient (Wildman–Crippen LogP) is 3.73. The van der Waals surface area contributed by atoms with Crippen LogP contribution in [0.4, 0.5) is 0 Å². The Hall–Kier alpha value is -2.63. The number of aromatic nitrogens is 2. The molecule has 2 unspecified atom stereocenters. The van der Waals surface area contributed by atoms with E-state index >= 15 is 0 Å². The second-order valence-corrected chi connectivity index (χ2v) is 7.78. The van der Waals surface area contributed by atoms with Gasteiger partial charge >= 0.3 is 0 Å². The minimum absolute atomic E-state index is 0.211. The van der Waals surface area contributed by atoms with E-state index in [2.05, 4.69) is 28.4 Å². The topological polar surface area (TPSA) is 88.0 Å². The number of imide groups is 1. The third-order valence-electron chi connectivity index (χ3n) is 6.04. The van der Waals surface area contributed by atoms with Crippen LogP contribution in [-0.4, -0.2) is 22.0 Å². The second kappa shape index (κ2) is 5.69. The SMILES string of the molecule is C[C@@H]1CCC(c2cc3o[nH]c(C4CCC(=O)NC4=O)c3c3ccnc23)C1. The number of nitrogens with one attached hydrogen (secondary N) is 2. The number of nitrogens with zero attached hydrogens (tertiary/aromatic N) is 1. The van der Waals surface area contributed by atoms with Crippen molar-refractivity contribution in [1.29, 1.82) is 0 Å². The molecule has 1 saturated heterocycles. The van der Waals surface area contributed by atoms with E-state index in [1.54, 1.807) is 0 Å². The molecule has 5 rings (SSSR count). The molecule has 2 aromatic heterocycles. The molecule has 134 valence electrons. The fraction of sp³-hybridized carbons (Fsp3) is 0.450. The lowest BCUT2D eigenvalue weighted by molar-refractivity contribution is -0.134. The van der Waals surface area contributed by atoms with Gasteiger partial charge in [-0.1, -0.05) is 13.3 Å². The van der Waals surface area contributed by atoms with Crippen molar-refractivity contribution in [1.82, 2.24) is 15.5 Å². The van der Waals surface area contributed by atoms with E-state index in [0.29, 0.717) is 18.8 Å². The van der Waals surface area contributed by atoms with Crippen LogP contribution in [0, 0.1) is 5.92 Å². The van der Waals surface area contributed by atoms with Crippen LogP contribution in [0.25, 0.3) is 21.9 Å².